The van der Waals surface area contributed by atoms with Gasteiger partial charge in [-0.25, -0.2) is 0 Å². The Morgan fingerprint density at radius 3 is 2.53 bits per heavy atom. The van der Waals surface area contributed by atoms with Gasteiger partial charge in [0, 0.05) is 5.75 Å². The van der Waals surface area contributed by atoms with Crippen molar-refractivity contribution in [2.45, 2.75) is 41.5 Å². The lowest BCUT2D eigenvalue weighted by atomic mass is 10.2. The minimum Gasteiger partial charge on any atom is -0.460 e. The molecule has 0 aliphatic heterocycles. The van der Waals surface area contributed by atoms with Gasteiger partial charge in [-0.1, -0.05) is 34.9 Å². The van der Waals surface area contributed by atoms with E-state index >= 15 is 0 Å². The third-order valence-corrected chi connectivity index (χ3v) is 4.55. The number of hydrogen-bond donors (Lipinski definition) is 0. The van der Waals surface area contributed by atoms with E-state index in [0.29, 0.717) is 12.2 Å². The molecule has 7 heteroatoms. The summed E-state index contributed by atoms with van der Waals surface area (Å²) < 4.78 is 7.06. The van der Waals surface area contributed by atoms with Gasteiger partial charge < -0.3 is 4.74 Å². The number of thioether (sulfide) groups is 2. The first kappa shape index (κ1) is 14.8. The number of nitrogens with zero attached hydrogens (tertiary/aromatic N) is 2. The number of ether oxygens (including phenoxy) is 1. The molecule has 0 radical (unpaired) electrons. The molecule has 1 aromatic rings. The molecule has 0 saturated carbocycles. The largest absolute Gasteiger partial charge is 0.460 e. The Morgan fingerprint density at radius 1 is 1.35 bits per heavy atom. The standard InChI is InChI=1S/C10H16N2O2S3/c1-10(2,3)14-7(13)5-6-16-9-12-11-8(15-4)17-9/h5-6H2,1-4H3. The molecule has 0 aromatic carbocycles. The van der Waals surface area contributed by atoms with Crippen molar-refractivity contribution in [3.8, 4) is 0 Å². The number of carbonyl (C=O) groups is 1. The number of esters is 1. The molecular formula is C10H16N2O2S3. The van der Waals surface area contributed by atoms with Gasteiger partial charge in [-0.05, 0) is 27.0 Å². The molecule has 0 bridgehead atoms. The molecule has 0 fully saturated rings. The lowest BCUT2D eigenvalue weighted by Crippen LogP contribution is -2.23. The summed E-state index contributed by atoms with van der Waals surface area (Å²) in [5, 5.41) is 8.00. The maximum Gasteiger partial charge on any atom is 0.307 e. The van der Waals surface area contributed by atoms with Gasteiger partial charge in [0.15, 0.2) is 8.68 Å². The molecule has 0 saturated heterocycles. The van der Waals surface area contributed by atoms with Crippen molar-refractivity contribution < 1.29 is 9.53 Å². The Labute approximate surface area is 114 Å². The molecule has 4 nitrogen and oxygen atoms in total. The van der Waals surface area contributed by atoms with Crippen molar-refractivity contribution in [2.75, 3.05) is 12.0 Å². The zero-order valence-corrected chi connectivity index (χ0v) is 12.8. The van der Waals surface area contributed by atoms with Gasteiger partial charge in [-0.2, -0.15) is 0 Å². The van der Waals surface area contributed by atoms with E-state index in [2.05, 4.69) is 10.2 Å². The summed E-state index contributed by atoms with van der Waals surface area (Å²) in [6, 6.07) is 0. The molecule has 0 unspecified atom stereocenters. The molecule has 0 atom stereocenters. The monoisotopic (exact) mass is 292 g/mol. The second-order valence-corrected chi connectivity index (χ2v) is 7.60. The van der Waals surface area contributed by atoms with Crippen LogP contribution in [0, 0.1) is 0 Å². The first-order chi connectivity index (χ1) is 7.90. The number of carbonyl (C=O) groups excluding carboxylic acids is 1. The molecule has 0 aliphatic carbocycles. The molecule has 1 aromatic heterocycles. The zero-order valence-electron chi connectivity index (χ0n) is 10.3. The van der Waals surface area contributed by atoms with Crippen LogP contribution in [0.5, 0.6) is 0 Å². The van der Waals surface area contributed by atoms with E-state index in [1.165, 1.54) is 0 Å². The highest BCUT2D eigenvalue weighted by atomic mass is 32.2. The van der Waals surface area contributed by atoms with Crippen LogP contribution in [0.3, 0.4) is 0 Å². The van der Waals surface area contributed by atoms with E-state index in [1.807, 2.05) is 27.0 Å². The van der Waals surface area contributed by atoms with Crippen LogP contribution in [0.4, 0.5) is 0 Å². The predicted octanol–water partition coefficient (Wildman–Crippen LogP) is 3.08. The Balaban J connectivity index is 2.26. The van der Waals surface area contributed by atoms with E-state index in [1.54, 1.807) is 34.9 Å². The summed E-state index contributed by atoms with van der Waals surface area (Å²) in [6.07, 6.45) is 2.37. The zero-order chi connectivity index (χ0) is 12.9. The van der Waals surface area contributed by atoms with Crippen LogP contribution >= 0.6 is 34.9 Å². The van der Waals surface area contributed by atoms with Crippen LogP contribution < -0.4 is 0 Å². The van der Waals surface area contributed by atoms with Crippen LogP contribution in [-0.2, 0) is 9.53 Å². The second-order valence-electron chi connectivity index (χ2n) is 4.22. The smallest absolute Gasteiger partial charge is 0.307 e. The van der Waals surface area contributed by atoms with E-state index in [4.69, 9.17) is 4.74 Å². The van der Waals surface area contributed by atoms with Gasteiger partial charge in [0.25, 0.3) is 0 Å². The lowest BCUT2D eigenvalue weighted by molar-refractivity contribution is -0.154. The van der Waals surface area contributed by atoms with E-state index in [0.717, 1.165) is 8.68 Å². The van der Waals surface area contributed by atoms with Crippen LogP contribution in [-0.4, -0.2) is 33.8 Å². The van der Waals surface area contributed by atoms with Gasteiger partial charge in [-0.3, -0.25) is 4.79 Å². The van der Waals surface area contributed by atoms with Gasteiger partial charge in [0.1, 0.15) is 5.60 Å². The Morgan fingerprint density at radius 2 is 2.00 bits per heavy atom. The Bertz CT molecular complexity index is 374. The molecule has 0 aliphatic rings. The summed E-state index contributed by atoms with van der Waals surface area (Å²) in [4.78, 5) is 11.4. The minimum absolute atomic E-state index is 0.167. The highest BCUT2D eigenvalue weighted by molar-refractivity contribution is 8.02. The summed E-state index contributed by atoms with van der Waals surface area (Å²) in [5.41, 5.74) is -0.406. The molecule has 17 heavy (non-hydrogen) atoms. The predicted molar refractivity (Wildman–Crippen MR) is 72.9 cm³/mol. The van der Waals surface area contributed by atoms with E-state index in [9.17, 15) is 4.79 Å². The molecule has 0 N–H and O–H groups in total. The molecule has 0 amide bonds. The molecule has 96 valence electrons. The highest BCUT2D eigenvalue weighted by Crippen LogP contribution is 2.27. The Kier molecular flexibility index (Phi) is 5.75. The fraction of sp³-hybridized carbons (Fsp3) is 0.700. The summed E-state index contributed by atoms with van der Waals surface area (Å²) in [5.74, 6) is 0.511. The van der Waals surface area contributed by atoms with Crippen molar-refractivity contribution in [2.24, 2.45) is 0 Å². The molecule has 1 heterocycles. The van der Waals surface area contributed by atoms with Gasteiger partial charge in [-0.15, -0.1) is 10.2 Å². The highest BCUT2D eigenvalue weighted by Gasteiger charge is 2.16. The average molecular weight is 292 g/mol. The SMILES string of the molecule is CSc1nnc(SCCC(=O)OC(C)(C)C)s1. The molecule has 1 rings (SSSR count). The number of hydrogen-bond acceptors (Lipinski definition) is 7. The maximum atomic E-state index is 11.4. The van der Waals surface area contributed by atoms with Gasteiger partial charge in [0.2, 0.25) is 0 Å². The maximum absolute atomic E-state index is 11.4. The normalized spacial score (nSPS) is 11.5. The third kappa shape index (κ3) is 6.28. The van der Waals surface area contributed by atoms with E-state index in [-0.39, 0.29) is 5.97 Å². The summed E-state index contributed by atoms with van der Waals surface area (Å²) >= 11 is 4.67. The van der Waals surface area contributed by atoms with Gasteiger partial charge in [0.05, 0.1) is 6.42 Å². The summed E-state index contributed by atoms with van der Waals surface area (Å²) in [6.45, 7) is 5.61. The van der Waals surface area contributed by atoms with Crippen LogP contribution in [0.15, 0.2) is 8.68 Å². The summed E-state index contributed by atoms with van der Waals surface area (Å²) in [7, 11) is 0. The van der Waals surface area contributed by atoms with Crippen LogP contribution in [0.25, 0.3) is 0 Å². The van der Waals surface area contributed by atoms with Crippen molar-refractivity contribution in [1.29, 1.82) is 0 Å². The van der Waals surface area contributed by atoms with Crippen molar-refractivity contribution in [3.05, 3.63) is 0 Å². The van der Waals surface area contributed by atoms with E-state index < -0.39 is 5.60 Å². The second kappa shape index (κ2) is 6.61. The third-order valence-electron chi connectivity index (χ3n) is 1.51. The average Bonchev–Trinajstić information content (AvgIpc) is 2.63. The van der Waals surface area contributed by atoms with Crippen molar-refractivity contribution in [3.63, 3.8) is 0 Å². The fourth-order valence-corrected chi connectivity index (χ4v) is 3.38. The minimum atomic E-state index is -0.406. The molecule has 0 spiro atoms. The van der Waals surface area contributed by atoms with Crippen molar-refractivity contribution in [1.82, 2.24) is 10.2 Å². The van der Waals surface area contributed by atoms with Gasteiger partial charge >= 0.3 is 5.97 Å². The first-order valence-corrected chi connectivity index (χ1v) is 8.15. The first-order valence-electron chi connectivity index (χ1n) is 5.13. The number of rotatable bonds is 5. The Hall–Kier alpha value is -0.270. The fourth-order valence-electron chi connectivity index (χ4n) is 0.952. The van der Waals surface area contributed by atoms with Crippen molar-refractivity contribution >= 4 is 40.8 Å². The molecular weight excluding hydrogens is 276 g/mol. The van der Waals surface area contributed by atoms with Crippen LogP contribution in [0.1, 0.15) is 27.2 Å². The number of aromatic nitrogens is 2. The van der Waals surface area contributed by atoms with Crippen LogP contribution in [0.2, 0.25) is 0 Å². The topological polar surface area (TPSA) is 52.1 Å². The lowest BCUT2D eigenvalue weighted by Gasteiger charge is -2.19. The quantitative estimate of drug-likeness (QED) is 0.614.